The summed E-state index contributed by atoms with van der Waals surface area (Å²) in [5, 5.41) is 12.8. The highest BCUT2D eigenvalue weighted by Crippen LogP contribution is 2.49. The first-order valence-corrected chi connectivity index (χ1v) is 6.84. The number of aliphatic carboxylic acids is 1. The third-order valence-electron chi connectivity index (χ3n) is 4.34. The van der Waals surface area contributed by atoms with E-state index < -0.39 is 12.0 Å². The second-order valence-electron chi connectivity index (χ2n) is 6.05. The van der Waals surface area contributed by atoms with Crippen LogP contribution < -0.4 is 5.32 Å². The fraction of sp³-hybridized carbons (Fsp3) is 0.667. The minimum absolute atomic E-state index is 0.178. The van der Waals surface area contributed by atoms with Gasteiger partial charge >= 0.3 is 5.97 Å². The van der Waals surface area contributed by atoms with Crippen molar-refractivity contribution in [3.63, 3.8) is 0 Å². The number of allylic oxidation sites excluding steroid dienone is 2. The third-order valence-corrected chi connectivity index (χ3v) is 4.34. The molecule has 1 saturated carbocycles. The van der Waals surface area contributed by atoms with Gasteiger partial charge in [-0.15, -0.1) is 0 Å². The highest BCUT2D eigenvalue weighted by Gasteiger charge is 2.42. The molecule has 0 radical (unpaired) electrons. The van der Waals surface area contributed by atoms with Gasteiger partial charge < -0.3 is 5.11 Å². The van der Waals surface area contributed by atoms with E-state index in [4.69, 9.17) is 0 Å². The van der Waals surface area contributed by atoms with Gasteiger partial charge in [0.15, 0.2) is 0 Å². The minimum Gasteiger partial charge on any atom is -0.480 e. The first-order valence-electron chi connectivity index (χ1n) is 6.84. The number of carboxylic acid groups (broad SMARTS) is 1. The molecule has 1 fully saturated rings. The molecule has 0 aromatic carbocycles. The van der Waals surface area contributed by atoms with Crippen molar-refractivity contribution < 1.29 is 9.90 Å². The Kier molecular flexibility index (Phi) is 3.62. The van der Waals surface area contributed by atoms with Gasteiger partial charge in [-0.1, -0.05) is 38.2 Å². The molecule has 0 aromatic rings. The van der Waals surface area contributed by atoms with Crippen molar-refractivity contribution in [3.8, 4) is 0 Å². The molecular weight excluding hydrogens is 226 g/mol. The minimum atomic E-state index is -0.723. The van der Waals surface area contributed by atoms with Crippen LogP contribution in [0.25, 0.3) is 0 Å². The Morgan fingerprint density at radius 1 is 1.44 bits per heavy atom. The molecule has 0 saturated heterocycles. The molecule has 0 aliphatic heterocycles. The van der Waals surface area contributed by atoms with E-state index in [9.17, 15) is 9.90 Å². The summed E-state index contributed by atoms with van der Waals surface area (Å²) >= 11 is 0. The average Bonchev–Trinajstić information content (AvgIpc) is 3.07. The SMILES string of the molecule is CC[C@]1(NC(CC2(C)CC2)C(=O)O)C=CC=CC1. The van der Waals surface area contributed by atoms with Crippen LogP contribution in [0.4, 0.5) is 0 Å². The van der Waals surface area contributed by atoms with E-state index >= 15 is 0 Å². The maximum atomic E-state index is 11.4. The number of hydrogen-bond donors (Lipinski definition) is 2. The fourth-order valence-electron chi connectivity index (χ4n) is 2.59. The highest BCUT2D eigenvalue weighted by molar-refractivity contribution is 5.73. The zero-order chi connectivity index (χ0) is 13.2. The lowest BCUT2D eigenvalue weighted by atomic mass is 9.86. The summed E-state index contributed by atoms with van der Waals surface area (Å²) in [5.74, 6) is -0.723. The summed E-state index contributed by atoms with van der Waals surface area (Å²) < 4.78 is 0. The number of carbonyl (C=O) groups is 1. The van der Waals surface area contributed by atoms with Crippen LogP contribution in [0, 0.1) is 5.41 Å². The van der Waals surface area contributed by atoms with E-state index in [2.05, 4.69) is 31.3 Å². The van der Waals surface area contributed by atoms with Crippen molar-refractivity contribution in [1.29, 1.82) is 0 Å². The largest absolute Gasteiger partial charge is 0.480 e. The molecule has 0 spiro atoms. The maximum Gasteiger partial charge on any atom is 0.320 e. The molecule has 2 rings (SSSR count). The van der Waals surface area contributed by atoms with Crippen LogP contribution in [-0.2, 0) is 4.79 Å². The molecule has 1 unspecified atom stereocenters. The summed E-state index contributed by atoms with van der Waals surface area (Å²) in [7, 11) is 0. The lowest BCUT2D eigenvalue weighted by Crippen LogP contribution is -2.52. The second-order valence-corrected chi connectivity index (χ2v) is 6.05. The van der Waals surface area contributed by atoms with Crippen LogP contribution in [0.1, 0.15) is 46.0 Å². The van der Waals surface area contributed by atoms with Gasteiger partial charge in [0.25, 0.3) is 0 Å². The van der Waals surface area contributed by atoms with Gasteiger partial charge in [0.05, 0.1) is 0 Å². The smallest absolute Gasteiger partial charge is 0.320 e. The number of rotatable bonds is 6. The third kappa shape index (κ3) is 3.02. The number of carboxylic acids is 1. The van der Waals surface area contributed by atoms with Crippen LogP contribution in [-0.4, -0.2) is 22.7 Å². The predicted molar refractivity (Wildman–Crippen MR) is 72.4 cm³/mol. The lowest BCUT2D eigenvalue weighted by molar-refractivity contribution is -0.140. The Hall–Kier alpha value is -1.09. The van der Waals surface area contributed by atoms with Gasteiger partial charge in [-0.25, -0.2) is 0 Å². The summed E-state index contributed by atoms with van der Waals surface area (Å²) in [6.45, 7) is 4.29. The van der Waals surface area contributed by atoms with Crippen LogP contribution in [0.15, 0.2) is 24.3 Å². The van der Waals surface area contributed by atoms with Crippen molar-refractivity contribution in [2.75, 3.05) is 0 Å². The van der Waals surface area contributed by atoms with E-state index in [0.717, 1.165) is 32.1 Å². The Labute approximate surface area is 109 Å². The van der Waals surface area contributed by atoms with E-state index in [1.807, 2.05) is 12.2 Å². The standard InChI is InChI=1S/C15H23NO2/c1-3-15(7-5-4-6-8-15)16-12(13(17)18)11-14(2)9-10-14/h4-7,12,16H,3,8-11H2,1-2H3,(H,17,18)/t12?,15-/m0/s1. The van der Waals surface area contributed by atoms with Crippen LogP contribution in [0.2, 0.25) is 0 Å². The zero-order valence-corrected chi connectivity index (χ0v) is 11.3. The van der Waals surface area contributed by atoms with E-state index in [-0.39, 0.29) is 11.0 Å². The molecule has 0 amide bonds. The normalized spacial score (nSPS) is 30.1. The van der Waals surface area contributed by atoms with Crippen molar-refractivity contribution in [2.45, 2.75) is 57.5 Å². The van der Waals surface area contributed by atoms with Crippen LogP contribution in [0.3, 0.4) is 0 Å². The Morgan fingerprint density at radius 2 is 2.17 bits per heavy atom. The van der Waals surface area contributed by atoms with Gasteiger partial charge in [0, 0.05) is 5.54 Å². The van der Waals surface area contributed by atoms with Crippen LogP contribution in [0.5, 0.6) is 0 Å². The first kappa shape index (κ1) is 13.3. The molecule has 100 valence electrons. The highest BCUT2D eigenvalue weighted by atomic mass is 16.4. The molecule has 2 atom stereocenters. The molecular formula is C15H23NO2. The zero-order valence-electron chi connectivity index (χ0n) is 11.3. The fourth-order valence-corrected chi connectivity index (χ4v) is 2.59. The molecule has 18 heavy (non-hydrogen) atoms. The lowest BCUT2D eigenvalue weighted by Gasteiger charge is -2.35. The molecule has 2 N–H and O–H groups in total. The summed E-state index contributed by atoms with van der Waals surface area (Å²) in [4.78, 5) is 11.4. The molecule has 0 heterocycles. The Bertz CT molecular complexity index is 382. The predicted octanol–water partition coefficient (Wildman–Crippen LogP) is 2.88. The molecule has 2 aliphatic carbocycles. The Balaban J connectivity index is 2.05. The molecule has 3 nitrogen and oxygen atoms in total. The topological polar surface area (TPSA) is 49.3 Å². The van der Waals surface area contributed by atoms with Gasteiger partial charge in [-0.05, 0) is 37.5 Å². The van der Waals surface area contributed by atoms with Gasteiger partial charge in [-0.2, -0.15) is 0 Å². The van der Waals surface area contributed by atoms with Gasteiger partial charge in [0.1, 0.15) is 6.04 Å². The molecule has 2 aliphatic rings. The van der Waals surface area contributed by atoms with E-state index in [1.54, 1.807) is 0 Å². The second kappa shape index (κ2) is 4.88. The first-order chi connectivity index (χ1) is 8.49. The van der Waals surface area contributed by atoms with E-state index in [0.29, 0.717) is 0 Å². The molecule has 3 heteroatoms. The monoisotopic (exact) mass is 249 g/mol. The Morgan fingerprint density at radius 3 is 2.61 bits per heavy atom. The summed E-state index contributed by atoms with van der Waals surface area (Å²) in [6, 6.07) is -0.436. The van der Waals surface area contributed by atoms with Gasteiger partial charge in [-0.3, -0.25) is 10.1 Å². The van der Waals surface area contributed by atoms with Crippen molar-refractivity contribution in [2.24, 2.45) is 5.41 Å². The quantitative estimate of drug-likeness (QED) is 0.761. The van der Waals surface area contributed by atoms with Gasteiger partial charge in [0.2, 0.25) is 0 Å². The van der Waals surface area contributed by atoms with Crippen molar-refractivity contribution >= 4 is 5.97 Å². The number of nitrogens with one attached hydrogen (secondary N) is 1. The molecule has 0 bridgehead atoms. The average molecular weight is 249 g/mol. The summed E-state index contributed by atoms with van der Waals surface area (Å²) in [5.41, 5.74) is 0.0717. The van der Waals surface area contributed by atoms with E-state index in [1.165, 1.54) is 0 Å². The summed E-state index contributed by atoms with van der Waals surface area (Å²) in [6.07, 6.45) is 13.1. The van der Waals surface area contributed by atoms with Crippen molar-refractivity contribution in [1.82, 2.24) is 5.32 Å². The van der Waals surface area contributed by atoms with Crippen molar-refractivity contribution in [3.05, 3.63) is 24.3 Å². The van der Waals surface area contributed by atoms with Crippen LogP contribution >= 0.6 is 0 Å². The number of hydrogen-bond acceptors (Lipinski definition) is 2. The maximum absolute atomic E-state index is 11.4. The molecule has 0 aromatic heterocycles.